The van der Waals surface area contributed by atoms with E-state index < -0.39 is 107 Å². The predicted octanol–water partition coefficient (Wildman–Crippen LogP) is 15.6. The summed E-state index contributed by atoms with van der Waals surface area (Å²) in [5.74, 6) is -0.730. The predicted molar refractivity (Wildman–Crippen MR) is 448 cm³/mol. The summed E-state index contributed by atoms with van der Waals surface area (Å²) in [7, 11) is -7.74. The van der Waals surface area contributed by atoms with Crippen molar-refractivity contribution in [2.24, 2.45) is 23.7 Å². The first-order valence-electron chi connectivity index (χ1n) is 41.7. The van der Waals surface area contributed by atoms with Crippen molar-refractivity contribution in [2.75, 3.05) is 26.9 Å². The molecule has 0 radical (unpaired) electrons. The molecular weight excluding hydrogens is 1440 g/mol. The Morgan fingerprint density at radius 1 is 0.640 bits per heavy atom. The first-order chi connectivity index (χ1) is 52.8. The van der Waals surface area contributed by atoms with E-state index in [9.17, 15) is 14.4 Å². The van der Waals surface area contributed by atoms with Gasteiger partial charge >= 0.3 is 6.09 Å². The summed E-state index contributed by atoms with van der Waals surface area (Å²) in [6.45, 7) is 45.9. The molecule has 11 rings (SSSR count). The normalized spacial score (nSPS) is 30.3. The molecule has 1 amide bonds. The van der Waals surface area contributed by atoms with Gasteiger partial charge in [-0.15, -0.1) is 13.2 Å². The van der Waals surface area contributed by atoms with Crippen LogP contribution in [-0.4, -0.2) is 181 Å². The quantitative estimate of drug-likeness (QED) is 0.0252. The van der Waals surface area contributed by atoms with Crippen LogP contribution in [0, 0.1) is 23.7 Å². The molecule has 4 unspecified atom stereocenters. The van der Waals surface area contributed by atoms with Crippen molar-refractivity contribution in [1.29, 1.82) is 0 Å². The summed E-state index contributed by atoms with van der Waals surface area (Å²) in [4.78, 5) is 59.2. The van der Waals surface area contributed by atoms with Crippen LogP contribution in [0.3, 0.4) is 0 Å². The highest BCUT2D eigenvalue weighted by molar-refractivity contribution is 6.99. The van der Waals surface area contributed by atoms with Crippen LogP contribution in [0.2, 0.25) is 28.2 Å². The second-order valence-electron chi connectivity index (χ2n) is 35.9. The number of ketones is 1. The Hall–Kier alpha value is -5.31. The molecule has 7 aliphatic rings. The highest BCUT2D eigenvalue weighted by Crippen LogP contribution is 2.56. The molecule has 19 heteroatoms. The number of nitrogens with zero attached hydrogens (tertiary/aromatic N) is 1. The van der Waals surface area contributed by atoms with Crippen molar-refractivity contribution in [3.8, 4) is 0 Å². The molecule has 0 saturated carbocycles. The highest BCUT2D eigenvalue weighted by atomic mass is 28.4. The highest BCUT2D eigenvalue weighted by Gasteiger charge is 2.63. The number of carbonyl (C=O) groups is 2. The van der Waals surface area contributed by atoms with E-state index >= 15 is 4.79 Å². The summed E-state index contributed by atoms with van der Waals surface area (Å²) in [6, 6.07) is 43.9. The van der Waals surface area contributed by atoms with Crippen LogP contribution in [-0.2, 0) is 56.6 Å². The minimum absolute atomic E-state index is 0.0358. The smallest absolute Gasteiger partial charge is 0.412 e. The molecule has 4 aromatic rings. The Bertz CT molecular complexity index is 3670. The zero-order valence-electron chi connectivity index (χ0n) is 69.2. The van der Waals surface area contributed by atoms with Gasteiger partial charge in [-0.05, 0) is 146 Å². The lowest BCUT2D eigenvalue weighted by Crippen LogP contribution is -2.67. The van der Waals surface area contributed by atoms with Gasteiger partial charge < -0.3 is 61.4 Å². The van der Waals surface area contributed by atoms with Gasteiger partial charge in [0.15, 0.2) is 8.32 Å². The zero-order chi connectivity index (χ0) is 79.8. The molecule has 2 N–H and O–H groups in total. The van der Waals surface area contributed by atoms with Crippen molar-refractivity contribution in [3.63, 3.8) is 0 Å². The molecular formula is C92H133NO15Si3. The number of benzene rings is 4. The Labute approximate surface area is 667 Å². The number of methoxy groups -OCH3 is 1. The molecule has 16 nitrogen and oxygen atoms in total. The Kier molecular flexibility index (Phi) is 28.8. The monoisotopic (exact) mass is 1580 g/mol. The number of hydrogen-bond donors (Lipinski definition) is 2. The second kappa shape index (κ2) is 36.9. The lowest BCUT2D eigenvalue weighted by atomic mass is 9.74. The standard InChI is InChI=1S/C92H133NO15Si3/c1-19-50-99-51-36-37-67-53-63(7)78(100-67)48-46-68-52-62(6)64(8)80(101-68)58-82-75(84(98-18)83(103-82)57-70-61-93(92(16,17)106-70)88(95)107-89(9,10)11)55-65(94)54-69-47-49-79-85(102-69)77(60-91(14,15)111(97,73-42-32-26-33-43-73)74-44-34-27-35-45-74)87-86(104-79)76(81(105-87)56-66(20-2)108-109(21-3,22-4)23-5)59-90(12,13)110(96,71-38-28-24-29-39-71)72-40-30-25-31-41-72/h19-20,24-45,62,66-70,75-87,96-97H,1-2,7-8,21-23,46-61H2,3-6,9-18H3/b37-36+/t62-,66?,67?,68+,69?,70+,75+,76+,77+,78+,79+,80?,81-,82+,83-,84-,85-,86+,87+/m1/s1. The van der Waals surface area contributed by atoms with Crippen LogP contribution < -0.4 is 20.7 Å². The van der Waals surface area contributed by atoms with Crippen LogP contribution in [0.1, 0.15) is 173 Å². The average molecular weight is 1580 g/mol. The van der Waals surface area contributed by atoms with Crippen molar-refractivity contribution in [2.45, 2.75) is 305 Å². The molecule has 19 atom stereocenters. The number of rotatable bonds is 35. The number of ether oxygens (including phenoxy) is 10. The van der Waals surface area contributed by atoms with E-state index in [0.717, 1.165) is 75.7 Å². The zero-order valence-corrected chi connectivity index (χ0v) is 72.2. The van der Waals surface area contributed by atoms with Gasteiger partial charge in [-0.2, -0.15) is 0 Å². The maximum atomic E-state index is 15.7. The summed E-state index contributed by atoms with van der Waals surface area (Å²) in [6.07, 6.45) is 8.99. The van der Waals surface area contributed by atoms with E-state index in [4.69, 9.17) is 51.8 Å². The van der Waals surface area contributed by atoms with Crippen LogP contribution in [0.4, 0.5) is 4.79 Å². The molecule has 7 heterocycles. The van der Waals surface area contributed by atoms with Gasteiger partial charge in [0.1, 0.15) is 17.1 Å². The van der Waals surface area contributed by atoms with E-state index in [1.165, 1.54) is 0 Å². The Morgan fingerprint density at radius 3 is 1.75 bits per heavy atom. The SMILES string of the molecule is C=CCOC/C=C/C1CC(=C)[C@H](CC[C@H]2C[C@@H](C)C(=C)C(C[C@@H]3O[C@H](C[C@H]4CN(C(=O)OC(C)(C)C)C(C)(C)O4)[C@H](OC)[C@H]3CC(=O)CC3CC[C@@H]4O[C@H]5[C@@H](CC(C)(C)[Si](O)(c6ccccc6)c6ccccc6)[C@@H](CC(C=C)O[Si](CC)(CC)CC)O[C@H]5[C@@H](CC(C)(C)[Si](O)(c5ccccc5)c5ccccc5)[C@H]4O3)O2)O1. The molecule has 7 saturated heterocycles. The molecule has 0 bridgehead atoms. The van der Waals surface area contributed by atoms with Gasteiger partial charge in [0.25, 0.3) is 16.6 Å². The summed E-state index contributed by atoms with van der Waals surface area (Å²) in [5.41, 5.74) is 0.418. The van der Waals surface area contributed by atoms with Gasteiger partial charge in [-0.3, -0.25) is 9.69 Å². The van der Waals surface area contributed by atoms with E-state index in [0.29, 0.717) is 58.2 Å². The number of Topliss-reactive ketones (excluding diaryl/α,β-unsaturated/α-hetero) is 1. The fourth-order valence-corrected chi connectivity index (χ4v) is 30.4. The molecule has 0 aromatic heterocycles. The fourth-order valence-electron chi connectivity index (χ4n) is 20.0. The van der Waals surface area contributed by atoms with E-state index in [1.54, 1.807) is 18.1 Å². The molecule has 608 valence electrons. The molecule has 0 spiro atoms. The van der Waals surface area contributed by atoms with Crippen molar-refractivity contribution >= 4 is 57.6 Å². The van der Waals surface area contributed by atoms with Gasteiger partial charge in [0.2, 0.25) is 0 Å². The minimum Gasteiger partial charge on any atom is -0.444 e. The average Bonchev–Trinajstić information content (AvgIpc) is 1.70. The number of hydrogen-bond acceptors (Lipinski definition) is 15. The topological polar surface area (TPSA) is 179 Å². The van der Waals surface area contributed by atoms with E-state index in [1.807, 2.05) is 120 Å². The third-order valence-electron chi connectivity index (χ3n) is 26.2. The molecule has 7 fully saturated rings. The van der Waals surface area contributed by atoms with Crippen molar-refractivity contribution in [3.05, 3.63) is 183 Å². The van der Waals surface area contributed by atoms with E-state index in [2.05, 4.69) is 136 Å². The van der Waals surface area contributed by atoms with Crippen LogP contribution in [0.25, 0.3) is 0 Å². The number of fused-ring (bicyclic) bond motifs is 2. The third kappa shape index (κ3) is 19.5. The van der Waals surface area contributed by atoms with Crippen LogP contribution in [0.5, 0.6) is 0 Å². The molecule has 0 aliphatic carbocycles. The Morgan fingerprint density at radius 2 is 1.21 bits per heavy atom. The summed E-state index contributed by atoms with van der Waals surface area (Å²) in [5, 5.41) is 2.30. The number of carbonyl (C=O) groups excluding carboxylic acids is 2. The summed E-state index contributed by atoms with van der Waals surface area (Å²) < 4.78 is 76.4. The fraction of sp³-hybridized carbons (Fsp3) is 0.609. The van der Waals surface area contributed by atoms with Crippen LogP contribution in [0.15, 0.2) is 183 Å². The maximum Gasteiger partial charge on any atom is 0.412 e. The Balaban J connectivity index is 0.905. The van der Waals surface area contributed by atoms with Gasteiger partial charge in [-0.1, -0.05) is 214 Å². The van der Waals surface area contributed by atoms with Gasteiger partial charge in [0, 0.05) is 63.4 Å². The van der Waals surface area contributed by atoms with Gasteiger partial charge in [-0.25, -0.2) is 4.79 Å². The molecule has 4 aromatic carbocycles. The second-order valence-corrected chi connectivity index (χ2v) is 48.5. The summed E-state index contributed by atoms with van der Waals surface area (Å²) >= 11 is 0. The lowest BCUT2D eigenvalue weighted by Gasteiger charge is -2.52. The largest absolute Gasteiger partial charge is 0.444 e. The van der Waals surface area contributed by atoms with Crippen molar-refractivity contribution in [1.82, 2.24) is 4.90 Å². The third-order valence-corrected chi connectivity index (χ3v) is 39.9. The maximum absolute atomic E-state index is 15.7. The van der Waals surface area contributed by atoms with Gasteiger partial charge in [0.05, 0.1) is 111 Å². The lowest BCUT2D eigenvalue weighted by molar-refractivity contribution is -0.242. The van der Waals surface area contributed by atoms with E-state index in [-0.39, 0.29) is 85.7 Å². The minimum atomic E-state index is -3.68. The first kappa shape index (κ1) is 86.5. The first-order valence-corrected chi connectivity index (χ1v) is 48.1. The van der Waals surface area contributed by atoms with Crippen molar-refractivity contribution < 1.29 is 71.0 Å². The number of amides is 1. The van der Waals surface area contributed by atoms with Crippen LogP contribution >= 0.6 is 0 Å². The molecule has 7 aliphatic heterocycles. The molecule has 111 heavy (non-hydrogen) atoms.